The van der Waals surface area contributed by atoms with Crippen molar-refractivity contribution in [3.8, 4) is 0 Å². The van der Waals surface area contributed by atoms with E-state index in [1.165, 1.54) is 13.0 Å². The van der Waals surface area contributed by atoms with Gasteiger partial charge in [0.2, 0.25) is 0 Å². The van der Waals surface area contributed by atoms with Crippen molar-refractivity contribution in [2.75, 3.05) is 26.2 Å². The third-order valence-corrected chi connectivity index (χ3v) is 4.75. The first-order valence-corrected chi connectivity index (χ1v) is 8.03. The van der Waals surface area contributed by atoms with Gasteiger partial charge in [0.05, 0.1) is 6.04 Å². The molecule has 2 fully saturated rings. The fourth-order valence-corrected chi connectivity index (χ4v) is 3.63. The van der Waals surface area contributed by atoms with Crippen LogP contribution in [-0.2, 0) is 4.74 Å². The highest BCUT2D eigenvalue weighted by molar-refractivity contribution is 5.71. The first-order valence-electron chi connectivity index (χ1n) is 8.03. The molecule has 2 aromatic rings. The Kier molecular flexibility index (Phi) is 3.39. The number of pyridine rings is 1. The Bertz CT molecular complexity index is 632. The number of hydrogen-bond donors (Lipinski definition) is 0. The minimum atomic E-state index is 0.148. The summed E-state index contributed by atoms with van der Waals surface area (Å²) in [4.78, 5) is 11.9. The maximum Gasteiger partial charge on any atom is 0.160 e. The van der Waals surface area contributed by atoms with E-state index >= 15 is 0 Å². The molecule has 0 aliphatic carbocycles. The van der Waals surface area contributed by atoms with Gasteiger partial charge in [0.1, 0.15) is 17.4 Å². The molecule has 4 heterocycles. The summed E-state index contributed by atoms with van der Waals surface area (Å²) in [5, 5.41) is 0. The van der Waals surface area contributed by atoms with Crippen LogP contribution in [0.3, 0.4) is 0 Å². The molecule has 0 N–H and O–H groups in total. The third kappa shape index (κ3) is 2.24. The smallest absolute Gasteiger partial charge is 0.160 e. The monoisotopic (exact) mass is 286 g/mol. The maximum atomic E-state index is 5.90. The van der Waals surface area contributed by atoms with Crippen LogP contribution in [0.15, 0.2) is 18.3 Å². The molecule has 21 heavy (non-hydrogen) atoms. The zero-order valence-corrected chi connectivity index (χ0v) is 12.5. The number of rotatable bonds is 3. The molecule has 2 aliphatic heterocycles. The summed E-state index contributed by atoms with van der Waals surface area (Å²) in [5.41, 5.74) is 2.02. The standard InChI is InChI=1S/C16H22N4O/c1-2-19-9-7-12(11-19)20-15-13(5-3-8-17-15)18-16(20)14-6-4-10-21-14/h3,5,8,12,14H,2,4,6-7,9-11H2,1H3. The Labute approximate surface area is 124 Å². The molecule has 2 saturated heterocycles. The average Bonchev–Trinajstić information content (AvgIpc) is 3.24. The molecule has 0 spiro atoms. The van der Waals surface area contributed by atoms with Gasteiger partial charge in [-0.25, -0.2) is 9.97 Å². The van der Waals surface area contributed by atoms with Gasteiger partial charge in [-0.1, -0.05) is 6.92 Å². The van der Waals surface area contributed by atoms with Crippen LogP contribution in [0, 0.1) is 0 Å². The van der Waals surface area contributed by atoms with Gasteiger partial charge in [0.15, 0.2) is 5.65 Å². The SMILES string of the molecule is CCN1CCC(n2c(C3CCCO3)nc3cccnc32)C1. The highest BCUT2D eigenvalue weighted by Crippen LogP contribution is 2.34. The Morgan fingerprint density at radius 2 is 2.33 bits per heavy atom. The van der Waals surface area contributed by atoms with Crippen molar-refractivity contribution >= 4 is 11.2 Å². The summed E-state index contributed by atoms with van der Waals surface area (Å²) in [5.74, 6) is 1.09. The second kappa shape index (κ2) is 5.39. The van der Waals surface area contributed by atoms with E-state index in [2.05, 4.69) is 27.4 Å². The second-order valence-corrected chi connectivity index (χ2v) is 6.02. The molecule has 2 aliphatic rings. The van der Waals surface area contributed by atoms with Crippen LogP contribution in [0.5, 0.6) is 0 Å². The first-order chi connectivity index (χ1) is 10.4. The average molecular weight is 286 g/mol. The van der Waals surface area contributed by atoms with Crippen LogP contribution in [0.4, 0.5) is 0 Å². The van der Waals surface area contributed by atoms with Crippen LogP contribution in [0.25, 0.3) is 11.2 Å². The van der Waals surface area contributed by atoms with Gasteiger partial charge in [-0.2, -0.15) is 0 Å². The van der Waals surface area contributed by atoms with Gasteiger partial charge < -0.3 is 14.2 Å². The molecule has 5 nitrogen and oxygen atoms in total. The van der Waals surface area contributed by atoms with E-state index in [4.69, 9.17) is 9.72 Å². The van der Waals surface area contributed by atoms with E-state index in [1.54, 1.807) is 0 Å². The maximum absolute atomic E-state index is 5.90. The summed E-state index contributed by atoms with van der Waals surface area (Å²) in [7, 11) is 0. The van der Waals surface area contributed by atoms with Gasteiger partial charge in [-0.3, -0.25) is 0 Å². The number of nitrogens with zero attached hydrogens (tertiary/aromatic N) is 4. The van der Waals surface area contributed by atoms with Crippen molar-refractivity contribution < 1.29 is 4.74 Å². The van der Waals surface area contributed by atoms with E-state index in [1.807, 2.05) is 12.3 Å². The second-order valence-electron chi connectivity index (χ2n) is 6.02. The van der Waals surface area contributed by atoms with Gasteiger partial charge in [0.25, 0.3) is 0 Å². The van der Waals surface area contributed by atoms with E-state index in [0.717, 1.165) is 49.5 Å². The van der Waals surface area contributed by atoms with Crippen molar-refractivity contribution in [3.05, 3.63) is 24.2 Å². The quantitative estimate of drug-likeness (QED) is 0.869. The Balaban J connectivity index is 1.79. The molecule has 5 heteroatoms. The normalized spacial score (nSPS) is 26.9. The van der Waals surface area contributed by atoms with Crippen LogP contribution in [-0.4, -0.2) is 45.7 Å². The summed E-state index contributed by atoms with van der Waals surface area (Å²) in [6, 6.07) is 4.50. The molecule has 0 saturated carbocycles. The molecule has 2 atom stereocenters. The number of fused-ring (bicyclic) bond motifs is 1. The van der Waals surface area contributed by atoms with Gasteiger partial charge in [0, 0.05) is 25.9 Å². The summed E-state index contributed by atoms with van der Waals surface area (Å²) >= 11 is 0. The molecule has 0 radical (unpaired) electrons. The van der Waals surface area contributed by atoms with Gasteiger partial charge >= 0.3 is 0 Å². The minimum Gasteiger partial charge on any atom is -0.370 e. The minimum absolute atomic E-state index is 0.148. The largest absolute Gasteiger partial charge is 0.370 e. The molecule has 2 unspecified atom stereocenters. The number of imidazole rings is 1. The lowest BCUT2D eigenvalue weighted by molar-refractivity contribution is 0.101. The molecular formula is C16H22N4O. The third-order valence-electron chi connectivity index (χ3n) is 4.75. The Morgan fingerprint density at radius 3 is 3.10 bits per heavy atom. The van der Waals surface area contributed by atoms with Crippen LogP contribution >= 0.6 is 0 Å². The topological polar surface area (TPSA) is 43.2 Å². The van der Waals surface area contributed by atoms with Crippen molar-refractivity contribution in [1.29, 1.82) is 0 Å². The summed E-state index contributed by atoms with van der Waals surface area (Å²) in [6.45, 7) is 6.46. The molecule has 0 aromatic carbocycles. The van der Waals surface area contributed by atoms with Crippen molar-refractivity contribution in [3.63, 3.8) is 0 Å². The lowest BCUT2D eigenvalue weighted by Gasteiger charge is -2.19. The molecule has 112 valence electrons. The zero-order chi connectivity index (χ0) is 14.2. The van der Waals surface area contributed by atoms with Crippen molar-refractivity contribution in [2.45, 2.75) is 38.3 Å². The fraction of sp³-hybridized carbons (Fsp3) is 0.625. The van der Waals surface area contributed by atoms with Crippen LogP contribution in [0.2, 0.25) is 0 Å². The van der Waals surface area contributed by atoms with Gasteiger partial charge in [-0.05, 0) is 37.9 Å². The number of ether oxygens (including phenoxy) is 1. The molecule has 2 aromatic heterocycles. The lowest BCUT2D eigenvalue weighted by atomic mass is 10.2. The first kappa shape index (κ1) is 13.2. The predicted molar refractivity (Wildman–Crippen MR) is 81.2 cm³/mol. The lowest BCUT2D eigenvalue weighted by Crippen LogP contribution is -2.22. The van der Waals surface area contributed by atoms with E-state index in [9.17, 15) is 0 Å². The van der Waals surface area contributed by atoms with Gasteiger partial charge in [-0.15, -0.1) is 0 Å². The van der Waals surface area contributed by atoms with E-state index < -0.39 is 0 Å². The number of likely N-dealkylation sites (tertiary alicyclic amines) is 1. The Morgan fingerprint density at radius 1 is 1.38 bits per heavy atom. The predicted octanol–water partition coefficient (Wildman–Crippen LogP) is 2.55. The number of hydrogen-bond acceptors (Lipinski definition) is 4. The molecule has 4 rings (SSSR count). The van der Waals surface area contributed by atoms with Crippen LogP contribution < -0.4 is 0 Å². The molecule has 0 amide bonds. The van der Waals surface area contributed by atoms with E-state index in [-0.39, 0.29) is 6.10 Å². The van der Waals surface area contributed by atoms with Crippen LogP contribution in [0.1, 0.15) is 44.2 Å². The zero-order valence-electron chi connectivity index (χ0n) is 12.5. The fourth-order valence-electron chi connectivity index (χ4n) is 3.63. The summed E-state index contributed by atoms with van der Waals surface area (Å²) in [6.07, 6.45) is 5.40. The molecule has 0 bridgehead atoms. The van der Waals surface area contributed by atoms with Crippen molar-refractivity contribution in [1.82, 2.24) is 19.4 Å². The van der Waals surface area contributed by atoms with E-state index in [0.29, 0.717) is 6.04 Å². The highest BCUT2D eigenvalue weighted by atomic mass is 16.5. The van der Waals surface area contributed by atoms with Crippen molar-refractivity contribution in [2.24, 2.45) is 0 Å². The Hall–Kier alpha value is -1.46. The molecular weight excluding hydrogens is 264 g/mol. The summed E-state index contributed by atoms with van der Waals surface area (Å²) < 4.78 is 8.26. The highest BCUT2D eigenvalue weighted by Gasteiger charge is 2.31. The number of likely N-dealkylation sites (N-methyl/N-ethyl adjacent to an activating group) is 1. The number of aromatic nitrogens is 3.